The van der Waals surface area contributed by atoms with Crippen molar-refractivity contribution in [3.63, 3.8) is 0 Å². The van der Waals surface area contributed by atoms with Gasteiger partial charge in [0.25, 0.3) is 0 Å². The van der Waals surface area contributed by atoms with Gasteiger partial charge in [0.15, 0.2) is 17.0 Å². The molecule has 2 aliphatic heterocycles. The minimum Gasteiger partial charge on any atom is -0.465 e. The topological polar surface area (TPSA) is 126 Å². The number of hydrogen-bond donors (Lipinski definition) is 3. The lowest BCUT2D eigenvalue weighted by atomic mass is 9.67. The van der Waals surface area contributed by atoms with Gasteiger partial charge < -0.3 is 29.2 Å². The Labute approximate surface area is 214 Å². The lowest BCUT2D eigenvalue weighted by molar-refractivity contribution is -0.450. The molecule has 8 nitrogen and oxygen atoms in total. The number of hydrogen-bond acceptors (Lipinski definition) is 8. The first-order chi connectivity index (χ1) is 16.6. The van der Waals surface area contributed by atoms with Gasteiger partial charge in [-0.25, -0.2) is 0 Å². The molecule has 36 heavy (non-hydrogen) atoms. The maximum atomic E-state index is 13.5. The predicted octanol–water partition coefficient (Wildman–Crippen LogP) is 3.36. The Balaban J connectivity index is 2.15. The Morgan fingerprint density at radius 1 is 1.00 bits per heavy atom. The van der Waals surface area contributed by atoms with Crippen LogP contribution in [0.15, 0.2) is 9.21 Å². The van der Waals surface area contributed by atoms with Crippen LogP contribution < -0.4 is 5.43 Å². The third-order valence-electron chi connectivity index (χ3n) is 9.33. The van der Waals surface area contributed by atoms with Crippen molar-refractivity contribution in [2.45, 2.75) is 111 Å². The van der Waals surface area contributed by atoms with Crippen molar-refractivity contribution in [2.75, 3.05) is 0 Å². The van der Waals surface area contributed by atoms with Crippen molar-refractivity contribution in [2.24, 2.45) is 29.6 Å². The Morgan fingerprint density at radius 2 is 1.58 bits per heavy atom. The first-order valence-electron chi connectivity index (χ1n) is 13.2. The first-order valence-corrected chi connectivity index (χ1v) is 13.2. The van der Waals surface area contributed by atoms with Crippen molar-refractivity contribution in [3.05, 3.63) is 32.9 Å². The molecule has 1 spiro atoms. The standard InChI is InChI=1S/C28H44O8/c1-11-21(29)13(3)25-15(5)23(31)17(7)28(35-25)18(8)24(32)16(6)27(33,36-28)19(9)26-14(4)22(30)12(2)20(10)34-26/h13,15-19,21,24-25,29,32-33H,11H2,1-10H3/t13-,15-,16-,17+,18+,19-,21-,24+,25+,27-,28-/m1/s1. The number of rotatable bonds is 5. The smallest absolute Gasteiger partial charge is 0.191 e. The van der Waals surface area contributed by atoms with Gasteiger partial charge in [-0.05, 0) is 27.2 Å². The van der Waals surface area contributed by atoms with Crippen molar-refractivity contribution in [1.29, 1.82) is 0 Å². The quantitative estimate of drug-likeness (QED) is 0.553. The largest absolute Gasteiger partial charge is 0.465 e. The van der Waals surface area contributed by atoms with Crippen molar-refractivity contribution in [1.82, 2.24) is 0 Å². The third kappa shape index (κ3) is 4.19. The summed E-state index contributed by atoms with van der Waals surface area (Å²) in [5.41, 5.74) is 0.676. The summed E-state index contributed by atoms with van der Waals surface area (Å²) in [5, 5.41) is 34.1. The third-order valence-corrected chi connectivity index (χ3v) is 9.33. The summed E-state index contributed by atoms with van der Waals surface area (Å²) < 4.78 is 19.1. The van der Waals surface area contributed by atoms with Gasteiger partial charge in [0.2, 0.25) is 0 Å². The molecule has 2 fully saturated rings. The van der Waals surface area contributed by atoms with Crippen LogP contribution in [-0.4, -0.2) is 51.0 Å². The summed E-state index contributed by atoms with van der Waals surface area (Å²) in [6.07, 6.45) is -1.95. The molecule has 0 amide bonds. The van der Waals surface area contributed by atoms with Crippen LogP contribution >= 0.6 is 0 Å². The maximum absolute atomic E-state index is 13.5. The van der Waals surface area contributed by atoms with E-state index in [1.165, 1.54) is 0 Å². The zero-order valence-corrected chi connectivity index (χ0v) is 23.3. The molecule has 1 aromatic rings. The maximum Gasteiger partial charge on any atom is 0.191 e. The highest BCUT2D eigenvalue weighted by atomic mass is 16.8. The molecule has 0 saturated carbocycles. The van der Waals surface area contributed by atoms with Gasteiger partial charge in [0.05, 0.1) is 30.1 Å². The van der Waals surface area contributed by atoms with Gasteiger partial charge in [-0.1, -0.05) is 48.5 Å². The Morgan fingerprint density at radius 3 is 2.14 bits per heavy atom. The van der Waals surface area contributed by atoms with Crippen molar-refractivity contribution in [3.8, 4) is 0 Å². The van der Waals surface area contributed by atoms with E-state index in [0.717, 1.165) is 0 Å². The molecule has 2 saturated heterocycles. The van der Waals surface area contributed by atoms with E-state index in [1.807, 2.05) is 13.8 Å². The van der Waals surface area contributed by atoms with Gasteiger partial charge >= 0.3 is 0 Å². The average molecular weight is 509 g/mol. The summed E-state index contributed by atoms with van der Waals surface area (Å²) in [7, 11) is 0. The predicted molar refractivity (Wildman–Crippen MR) is 134 cm³/mol. The Bertz CT molecular complexity index is 1050. The summed E-state index contributed by atoms with van der Waals surface area (Å²) in [6, 6.07) is 0. The second kappa shape index (κ2) is 9.95. The normalized spacial score (nSPS) is 39.8. The van der Waals surface area contributed by atoms with E-state index in [1.54, 1.807) is 55.4 Å². The zero-order valence-electron chi connectivity index (χ0n) is 23.3. The van der Waals surface area contributed by atoms with E-state index >= 15 is 0 Å². The van der Waals surface area contributed by atoms with Crippen LogP contribution in [0.4, 0.5) is 0 Å². The van der Waals surface area contributed by atoms with E-state index < -0.39 is 59.5 Å². The highest BCUT2D eigenvalue weighted by molar-refractivity contribution is 5.85. The van der Waals surface area contributed by atoms with Crippen LogP contribution in [0, 0.1) is 50.4 Å². The van der Waals surface area contributed by atoms with Gasteiger partial charge in [-0.3, -0.25) is 9.59 Å². The molecular weight excluding hydrogens is 464 g/mol. The Kier molecular flexibility index (Phi) is 8.01. The second-order valence-corrected chi connectivity index (χ2v) is 11.3. The van der Waals surface area contributed by atoms with Crippen LogP contribution in [0.5, 0.6) is 0 Å². The fourth-order valence-electron chi connectivity index (χ4n) is 6.25. The van der Waals surface area contributed by atoms with E-state index in [2.05, 4.69) is 0 Å². The number of ether oxygens (including phenoxy) is 2. The second-order valence-electron chi connectivity index (χ2n) is 11.3. The minimum atomic E-state index is -2.01. The van der Waals surface area contributed by atoms with Gasteiger partial charge in [-0.15, -0.1) is 0 Å². The Hall–Kier alpha value is -1.58. The lowest BCUT2D eigenvalue weighted by Crippen LogP contribution is -2.72. The van der Waals surface area contributed by atoms with Gasteiger partial charge in [0, 0.05) is 34.8 Å². The number of ketones is 1. The minimum absolute atomic E-state index is 0.112. The molecule has 1 aromatic heterocycles. The molecule has 11 atom stereocenters. The molecule has 0 radical (unpaired) electrons. The first kappa shape index (κ1) is 29.0. The molecule has 2 aliphatic rings. The zero-order chi connectivity index (χ0) is 27.5. The van der Waals surface area contributed by atoms with E-state index in [4.69, 9.17) is 13.9 Å². The molecule has 3 N–H and O–H groups in total. The summed E-state index contributed by atoms with van der Waals surface area (Å²) in [4.78, 5) is 26.3. The lowest BCUT2D eigenvalue weighted by Gasteiger charge is -2.60. The fraction of sp³-hybridized carbons (Fsp3) is 0.786. The van der Waals surface area contributed by atoms with Crippen LogP contribution in [0.2, 0.25) is 0 Å². The highest BCUT2D eigenvalue weighted by Gasteiger charge is 2.66. The van der Waals surface area contributed by atoms with Gasteiger partial charge in [-0.2, -0.15) is 0 Å². The molecule has 0 unspecified atom stereocenters. The van der Waals surface area contributed by atoms with Crippen LogP contribution in [-0.2, 0) is 14.3 Å². The summed E-state index contributed by atoms with van der Waals surface area (Å²) in [5.74, 6) is -7.04. The van der Waals surface area contributed by atoms with Crippen LogP contribution in [0.1, 0.15) is 83.5 Å². The van der Waals surface area contributed by atoms with E-state index in [9.17, 15) is 24.9 Å². The number of aryl methyl sites for hydroxylation is 1. The fourth-order valence-corrected chi connectivity index (χ4v) is 6.25. The number of carbonyl (C=O) groups excluding carboxylic acids is 1. The number of aliphatic hydroxyl groups is 3. The molecule has 3 rings (SSSR count). The summed E-state index contributed by atoms with van der Waals surface area (Å²) in [6.45, 7) is 17.3. The van der Waals surface area contributed by atoms with Gasteiger partial charge in [0.1, 0.15) is 17.3 Å². The van der Waals surface area contributed by atoms with E-state index in [-0.39, 0.29) is 22.9 Å². The van der Waals surface area contributed by atoms with Crippen molar-refractivity contribution >= 4 is 5.78 Å². The molecule has 0 aromatic carbocycles. The highest BCUT2D eigenvalue weighted by Crippen LogP contribution is 2.54. The molecule has 204 valence electrons. The number of aliphatic hydroxyl groups excluding tert-OH is 2. The molecular formula is C28H44O8. The number of carbonyl (C=O) groups is 1. The summed E-state index contributed by atoms with van der Waals surface area (Å²) >= 11 is 0. The van der Waals surface area contributed by atoms with Crippen LogP contribution in [0.3, 0.4) is 0 Å². The average Bonchev–Trinajstić information content (AvgIpc) is 2.86. The molecule has 8 heteroatoms. The molecule has 0 aliphatic carbocycles. The molecule has 3 heterocycles. The number of Topliss-reactive ketones (excluding diaryl/α,β-unsaturated/α-hetero) is 1. The monoisotopic (exact) mass is 508 g/mol. The SMILES string of the molecule is CC[C@@H](O)[C@@H](C)[C@@H]1O[C@@]2(O[C@@](O)([C@H](C)c3oc(C)c(C)c(=O)c3C)[C@H](C)[C@H](O)[C@@H]2C)[C@@H](C)C(=O)[C@H]1C. The molecule has 0 bridgehead atoms. The van der Waals surface area contributed by atoms with E-state index in [0.29, 0.717) is 23.3 Å². The van der Waals surface area contributed by atoms with Crippen LogP contribution in [0.25, 0.3) is 0 Å². The van der Waals surface area contributed by atoms with Crippen molar-refractivity contribution < 1.29 is 34.0 Å².